The Labute approximate surface area is 136 Å². The highest BCUT2D eigenvalue weighted by Gasteiger charge is 2.47. The number of benzene rings is 1. The van der Waals surface area contributed by atoms with Gasteiger partial charge in [0.25, 0.3) is 0 Å². The van der Waals surface area contributed by atoms with E-state index < -0.39 is 0 Å². The van der Waals surface area contributed by atoms with Gasteiger partial charge in [0.05, 0.1) is 11.5 Å². The summed E-state index contributed by atoms with van der Waals surface area (Å²) in [5, 5.41) is 10.3. The maximum Gasteiger partial charge on any atom is 0.0878 e. The standard InChI is InChI=1S/C21H31N/c1-3-5-12-18(11-4-2)21(17-22,20-15-9-10-16-20)19-13-7-6-8-14-19/h6-8,13-14,18,20H,3-5,9-12,15-16H2,1-2H3. The molecule has 1 fully saturated rings. The summed E-state index contributed by atoms with van der Waals surface area (Å²) in [7, 11) is 0. The van der Waals surface area contributed by atoms with Gasteiger partial charge in [0.1, 0.15) is 0 Å². The number of rotatable bonds is 8. The lowest BCUT2D eigenvalue weighted by Crippen LogP contribution is -2.40. The Bertz CT molecular complexity index is 466. The van der Waals surface area contributed by atoms with Gasteiger partial charge in [-0.15, -0.1) is 0 Å². The van der Waals surface area contributed by atoms with Gasteiger partial charge < -0.3 is 0 Å². The summed E-state index contributed by atoms with van der Waals surface area (Å²) in [5.41, 5.74) is 1.02. The summed E-state index contributed by atoms with van der Waals surface area (Å²) in [4.78, 5) is 0. The van der Waals surface area contributed by atoms with Crippen LogP contribution in [0, 0.1) is 23.2 Å². The molecule has 0 saturated heterocycles. The number of unbranched alkanes of at least 4 members (excludes halogenated alkanes) is 1. The molecule has 120 valence electrons. The SMILES string of the molecule is CCCCC(CCC)C(C#N)(c1ccccc1)C1CCCC1. The third kappa shape index (κ3) is 3.37. The monoisotopic (exact) mass is 297 g/mol. The zero-order chi connectivity index (χ0) is 15.8. The number of nitrogens with zero attached hydrogens (tertiary/aromatic N) is 1. The molecule has 2 atom stereocenters. The molecular formula is C21H31N. The van der Waals surface area contributed by atoms with E-state index in [4.69, 9.17) is 0 Å². The third-order valence-electron chi connectivity index (χ3n) is 5.62. The van der Waals surface area contributed by atoms with Gasteiger partial charge in [0.2, 0.25) is 0 Å². The largest absolute Gasteiger partial charge is 0.197 e. The van der Waals surface area contributed by atoms with Gasteiger partial charge in [-0.1, -0.05) is 76.3 Å². The molecule has 0 amide bonds. The van der Waals surface area contributed by atoms with Crippen molar-refractivity contribution in [2.24, 2.45) is 11.8 Å². The second kappa shape index (κ2) is 8.37. The molecule has 1 aliphatic rings. The summed E-state index contributed by atoms with van der Waals surface area (Å²) in [5.74, 6) is 1.06. The van der Waals surface area contributed by atoms with Gasteiger partial charge in [0, 0.05) is 0 Å². The Hall–Kier alpha value is -1.29. The summed E-state index contributed by atoms with van der Waals surface area (Å²) < 4.78 is 0. The van der Waals surface area contributed by atoms with Gasteiger partial charge in [-0.2, -0.15) is 5.26 Å². The minimum atomic E-state index is -0.261. The topological polar surface area (TPSA) is 23.8 Å². The molecule has 0 bridgehead atoms. The quantitative estimate of drug-likeness (QED) is 0.556. The molecule has 1 aliphatic carbocycles. The van der Waals surface area contributed by atoms with Crippen LogP contribution in [0.5, 0.6) is 0 Å². The van der Waals surface area contributed by atoms with Gasteiger partial charge >= 0.3 is 0 Å². The van der Waals surface area contributed by atoms with Crippen LogP contribution in [-0.2, 0) is 5.41 Å². The maximum atomic E-state index is 10.3. The van der Waals surface area contributed by atoms with Crippen LogP contribution in [0.1, 0.15) is 77.2 Å². The summed E-state index contributed by atoms with van der Waals surface area (Å²) in [6.07, 6.45) is 11.1. The Morgan fingerprint density at radius 2 is 1.77 bits per heavy atom. The fourth-order valence-corrected chi connectivity index (χ4v) is 4.55. The average Bonchev–Trinajstić information content (AvgIpc) is 3.09. The van der Waals surface area contributed by atoms with Crippen LogP contribution in [-0.4, -0.2) is 0 Å². The first kappa shape index (κ1) is 17.1. The van der Waals surface area contributed by atoms with Gasteiger partial charge in [-0.3, -0.25) is 0 Å². The molecule has 0 aromatic heterocycles. The van der Waals surface area contributed by atoms with Crippen molar-refractivity contribution in [1.29, 1.82) is 5.26 Å². The van der Waals surface area contributed by atoms with Crippen LogP contribution in [0.4, 0.5) is 0 Å². The molecule has 1 saturated carbocycles. The van der Waals surface area contributed by atoms with Gasteiger partial charge in [-0.25, -0.2) is 0 Å². The van der Waals surface area contributed by atoms with E-state index >= 15 is 0 Å². The van der Waals surface area contributed by atoms with Gasteiger partial charge in [-0.05, 0) is 43.1 Å². The first-order chi connectivity index (χ1) is 10.8. The lowest BCUT2D eigenvalue weighted by molar-refractivity contribution is 0.204. The van der Waals surface area contributed by atoms with Crippen molar-refractivity contribution in [1.82, 2.24) is 0 Å². The zero-order valence-electron chi connectivity index (χ0n) is 14.4. The van der Waals surface area contributed by atoms with E-state index in [1.165, 1.54) is 63.4 Å². The fraction of sp³-hybridized carbons (Fsp3) is 0.667. The second-order valence-electron chi connectivity index (χ2n) is 6.96. The first-order valence-corrected chi connectivity index (χ1v) is 9.26. The minimum absolute atomic E-state index is 0.261. The van der Waals surface area contributed by atoms with E-state index in [0.717, 1.165) is 0 Å². The molecule has 0 aliphatic heterocycles. The third-order valence-corrected chi connectivity index (χ3v) is 5.62. The molecule has 1 aromatic carbocycles. The Morgan fingerprint density at radius 1 is 1.09 bits per heavy atom. The van der Waals surface area contributed by atoms with E-state index in [1.807, 2.05) is 0 Å². The van der Waals surface area contributed by atoms with Crippen molar-refractivity contribution in [3.05, 3.63) is 35.9 Å². The Morgan fingerprint density at radius 3 is 2.32 bits per heavy atom. The smallest absolute Gasteiger partial charge is 0.0878 e. The molecular weight excluding hydrogens is 266 g/mol. The highest BCUT2D eigenvalue weighted by Crippen LogP contribution is 2.49. The minimum Gasteiger partial charge on any atom is -0.197 e. The molecule has 0 spiro atoms. The first-order valence-electron chi connectivity index (χ1n) is 9.26. The van der Waals surface area contributed by atoms with Crippen molar-refractivity contribution >= 4 is 0 Å². The van der Waals surface area contributed by atoms with Crippen molar-refractivity contribution in [2.75, 3.05) is 0 Å². The predicted octanol–water partition coefficient (Wildman–Crippen LogP) is 6.24. The van der Waals surface area contributed by atoms with Crippen LogP contribution < -0.4 is 0 Å². The number of hydrogen-bond acceptors (Lipinski definition) is 1. The van der Waals surface area contributed by atoms with Crippen molar-refractivity contribution < 1.29 is 0 Å². The molecule has 1 heteroatoms. The molecule has 1 aromatic rings. The van der Waals surface area contributed by atoms with Crippen LogP contribution in [0.3, 0.4) is 0 Å². The van der Waals surface area contributed by atoms with Crippen LogP contribution in [0.2, 0.25) is 0 Å². The molecule has 22 heavy (non-hydrogen) atoms. The molecule has 0 N–H and O–H groups in total. The number of hydrogen-bond donors (Lipinski definition) is 0. The second-order valence-corrected chi connectivity index (χ2v) is 6.96. The molecule has 2 rings (SSSR count). The maximum absolute atomic E-state index is 10.3. The zero-order valence-corrected chi connectivity index (χ0v) is 14.4. The van der Waals surface area contributed by atoms with Crippen LogP contribution >= 0.6 is 0 Å². The Kier molecular flexibility index (Phi) is 6.49. The lowest BCUT2D eigenvalue weighted by Gasteiger charge is -2.41. The van der Waals surface area contributed by atoms with Crippen molar-refractivity contribution in [3.8, 4) is 6.07 Å². The van der Waals surface area contributed by atoms with E-state index in [9.17, 15) is 5.26 Å². The molecule has 0 heterocycles. The highest BCUT2D eigenvalue weighted by molar-refractivity contribution is 5.35. The molecule has 2 unspecified atom stereocenters. The van der Waals surface area contributed by atoms with Crippen LogP contribution in [0.25, 0.3) is 0 Å². The van der Waals surface area contributed by atoms with E-state index in [-0.39, 0.29) is 5.41 Å². The Balaban J connectivity index is 2.44. The van der Waals surface area contributed by atoms with E-state index in [1.54, 1.807) is 0 Å². The predicted molar refractivity (Wildman–Crippen MR) is 93.6 cm³/mol. The molecule has 0 radical (unpaired) electrons. The van der Waals surface area contributed by atoms with E-state index in [0.29, 0.717) is 11.8 Å². The van der Waals surface area contributed by atoms with Crippen molar-refractivity contribution in [2.45, 2.75) is 77.0 Å². The number of nitriles is 1. The fourth-order valence-electron chi connectivity index (χ4n) is 4.55. The summed E-state index contributed by atoms with van der Waals surface area (Å²) in [6, 6.07) is 13.6. The average molecular weight is 297 g/mol. The summed E-state index contributed by atoms with van der Waals surface area (Å²) >= 11 is 0. The van der Waals surface area contributed by atoms with Crippen LogP contribution in [0.15, 0.2) is 30.3 Å². The lowest BCUT2D eigenvalue weighted by atomic mass is 9.60. The normalized spacial score (nSPS) is 19.5. The highest BCUT2D eigenvalue weighted by atomic mass is 14.5. The van der Waals surface area contributed by atoms with E-state index in [2.05, 4.69) is 50.2 Å². The van der Waals surface area contributed by atoms with Crippen molar-refractivity contribution in [3.63, 3.8) is 0 Å². The molecule has 1 nitrogen and oxygen atoms in total. The summed E-state index contributed by atoms with van der Waals surface area (Å²) in [6.45, 7) is 4.52. The van der Waals surface area contributed by atoms with Gasteiger partial charge in [0.15, 0.2) is 0 Å².